The fourth-order valence-corrected chi connectivity index (χ4v) is 4.26. The first-order chi connectivity index (χ1) is 17.7. The average molecular weight is 630 g/mol. The molecule has 4 rings (SSSR count). The molecule has 1 heterocycles. The smallest absolute Gasteiger partial charge is 0.282 e. The van der Waals surface area contributed by atoms with Crippen LogP contribution in [0.4, 0.5) is 10.1 Å². The number of fused-ring (bicyclic) bond motifs is 1. The standard InChI is InChI=1S/C27H23Br2FN4O3/c1-3-16(2)26-33-23-10-4-19(29)13-22(23)27(36)34(26)31-14-17-12-18(28)5-11-24(17)37-15-25(35)32-21-8-6-20(30)7-9-21/h4-14,16H,3,15H2,1-2H3,(H,32,35)/t16-/m1/s1. The lowest BCUT2D eigenvalue weighted by atomic mass is 10.1. The van der Waals surface area contributed by atoms with E-state index in [0.717, 1.165) is 15.4 Å². The van der Waals surface area contributed by atoms with Gasteiger partial charge in [0.15, 0.2) is 6.61 Å². The maximum Gasteiger partial charge on any atom is 0.282 e. The highest BCUT2D eigenvalue weighted by molar-refractivity contribution is 9.10. The van der Waals surface area contributed by atoms with Gasteiger partial charge in [-0.3, -0.25) is 9.59 Å². The summed E-state index contributed by atoms with van der Waals surface area (Å²) in [5.74, 6) is 0.145. The second kappa shape index (κ2) is 11.8. The number of anilines is 1. The van der Waals surface area contributed by atoms with Gasteiger partial charge < -0.3 is 10.1 Å². The third kappa shape index (κ3) is 6.50. The van der Waals surface area contributed by atoms with Crippen molar-refractivity contribution < 1.29 is 13.9 Å². The minimum Gasteiger partial charge on any atom is -0.483 e. The number of aromatic nitrogens is 2. The number of nitrogens with zero attached hydrogens (tertiary/aromatic N) is 3. The average Bonchev–Trinajstić information content (AvgIpc) is 2.88. The normalized spacial score (nSPS) is 12.1. The van der Waals surface area contributed by atoms with Gasteiger partial charge >= 0.3 is 0 Å². The molecule has 0 fully saturated rings. The summed E-state index contributed by atoms with van der Waals surface area (Å²) in [6.07, 6.45) is 2.29. The Morgan fingerprint density at radius 2 is 1.84 bits per heavy atom. The van der Waals surface area contributed by atoms with Crippen LogP contribution < -0.4 is 15.6 Å². The summed E-state index contributed by atoms with van der Waals surface area (Å²) in [5.41, 5.74) is 1.34. The van der Waals surface area contributed by atoms with Gasteiger partial charge in [-0.15, -0.1) is 0 Å². The molecule has 4 aromatic rings. The number of amides is 1. The van der Waals surface area contributed by atoms with Crippen LogP contribution in [-0.2, 0) is 4.79 Å². The second-order valence-corrected chi connectivity index (χ2v) is 10.2. The highest BCUT2D eigenvalue weighted by atomic mass is 79.9. The van der Waals surface area contributed by atoms with E-state index in [9.17, 15) is 14.0 Å². The fraction of sp³-hybridized carbons (Fsp3) is 0.185. The Kier molecular flexibility index (Phi) is 8.50. The van der Waals surface area contributed by atoms with Gasteiger partial charge in [-0.1, -0.05) is 45.7 Å². The molecule has 37 heavy (non-hydrogen) atoms. The topological polar surface area (TPSA) is 85.6 Å². The lowest BCUT2D eigenvalue weighted by molar-refractivity contribution is -0.118. The number of hydrogen-bond acceptors (Lipinski definition) is 5. The first-order valence-electron chi connectivity index (χ1n) is 11.5. The maximum absolute atomic E-state index is 13.4. The number of nitrogens with one attached hydrogen (secondary N) is 1. The van der Waals surface area contributed by atoms with Crippen molar-refractivity contribution in [1.82, 2.24) is 9.66 Å². The molecule has 0 radical (unpaired) electrons. The lowest BCUT2D eigenvalue weighted by Gasteiger charge is -2.14. The summed E-state index contributed by atoms with van der Waals surface area (Å²) in [6.45, 7) is 3.74. The zero-order valence-corrected chi connectivity index (χ0v) is 23.2. The molecule has 1 amide bonds. The summed E-state index contributed by atoms with van der Waals surface area (Å²) in [5, 5.41) is 7.59. The highest BCUT2D eigenvalue weighted by Crippen LogP contribution is 2.24. The van der Waals surface area contributed by atoms with Crippen molar-refractivity contribution in [2.75, 3.05) is 11.9 Å². The van der Waals surface area contributed by atoms with Gasteiger partial charge in [-0.05, 0) is 67.1 Å². The Balaban J connectivity index is 1.63. The van der Waals surface area contributed by atoms with Crippen molar-refractivity contribution in [3.63, 3.8) is 0 Å². The first-order valence-corrected chi connectivity index (χ1v) is 13.1. The third-order valence-corrected chi connectivity index (χ3v) is 6.64. The molecule has 3 aromatic carbocycles. The Morgan fingerprint density at radius 1 is 1.14 bits per heavy atom. The molecule has 1 aromatic heterocycles. The Bertz CT molecular complexity index is 1540. The van der Waals surface area contributed by atoms with E-state index in [4.69, 9.17) is 9.72 Å². The molecular weight excluding hydrogens is 607 g/mol. The largest absolute Gasteiger partial charge is 0.483 e. The molecule has 0 saturated heterocycles. The highest BCUT2D eigenvalue weighted by Gasteiger charge is 2.16. The fourth-order valence-electron chi connectivity index (χ4n) is 3.52. The molecule has 1 N–H and O–H groups in total. The van der Waals surface area contributed by atoms with Gasteiger partial charge in [0.05, 0.1) is 17.1 Å². The molecule has 0 spiro atoms. The zero-order chi connectivity index (χ0) is 26.5. The Hall–Kier alpha value is -3.37. The molecular formula is C27H23Br2FN4O3. The van der Waals surface area contributed by atoms with Crippen molar-refractivity contribution in [1.29, 1.82) is 0 Å². The van der Waals surface area contributed by atoms with Crippen LogP contribution in [-0.4, -0.2) is 28.4 Å². The van der Waals surface area contributed by atoms with Gasteiger partial charge in [0.1, 0.15) is 17.4 Å². The second-order valence-electron chi connectivity index (χ2n) is 8.33. The molecule has 0 unspecified atom stereocenters. The number of carbonyl (C=O) groups is 1. The van der Waals surface area contributed by atoms with E-state index < -0.39 is 11.7 Å². The summed E-state index contributed by atoms with van der Waals surface area (Å²) in [4.78, 5) is 30.4. The number of carbonyl (C=O) groups excluding carboxylic acids is 1. The van der Waals surface area contributed by atoms with Gasteiger partial charge in [-0.2, -0.15) is 9.78 Å². The zero-order valence-electron chi connectivity index (χ0n) is 20.0. The van der Waals surface area contributed by atoms with Crippen LogP contribution in [0.3, 0.4) is 0 Å². The van der Waals surface area contributed by atoms with Crippen LogP contribution in [0, 0.1) is 5.82 Å². The van der Waals surface area contributed by atoms with Crippen LogP contribution in [0.2, 0.25) is 0 Å². The van der Waals surface area contributed by atoms with Crippen LogP contribution >= 0.6 is 31.9 Å². The van der Waals surface area contributed by atoms with E-state index in [2.05, 4.69) is 42.3 Å². The molecule has 10 heteroatoms. The molecule has 0 aliphatic carbocycles. The summed E-state index contributed by atoms with van der Waals surface area (Å²) in [7, 11) is 0. The maximum atomic E-state index is 13.4. The van der Waals surface area contributed by atoms with E-state index in [1.807, 2.05) is 19.9 Å². The number of ether oxygens (including phenoxy) is 1. The molecule has 0 bridgehead atoms. The molecule has 0 saturated carbocycles. The lowest BCUT2D eigenvalue weighted by Crippen LogP contribution is -2.24. The van der Waals surface area contributed by atoms with Gasteiger partial charge in [0, 0.05) is 26.1 Å². The number of benzene rings is 3. The van der Waals surface area contributed by atoms with E-state index in [-0.39, 0.29) is 18.1 Å². The Labute approximate surface area is 229 Å². The minimum absolute atomic E-state index is 0.00807. The van der Waals surface area contributed by atoms with Crippen LogP contribution in [0.5, 0.6) is 5.75 Å². The number of rotatable bonds is 8. The van der Waals surface area contributed by atoms with Gasteiger partial charge in [0.25, 0.3) is 11.5 Å². The van der Waals surface area contributed by atoms with Crippen molar-refractivity contribution in [2.24, 2.45) is 5.10 Å². The van der Waals surface area contributed by atoms with E-state index in [1.165, 1.54) is 35.2 Å². The molecule has 1 atom stereocenters. The van der Waals surface area contributed by atoms with E-state index in [0.29, 0.717) is 33.7 Å². The molecule has 0 aliphatic rings. The first kappa shape index (κ1) is 26.7. The SMILES string of the molecule is CC[C@@H](C)c1nc2ccc(Br)cc2c(=O)n1N=Cc1cc(Br)ccc1OCC(=O)Nc1ccc(F)cc1. The van der Waals surface area contributed by atoms with Gasteiger partial charge in [-0.25, -0.2) is 9.37 Å². The summed E-state index contributed by atoms with van der Waals surface area (Å²) < 4.78 is 21.7. The van der Waals surface area contributed by atoms with Crippen molar-refractivity contribution >= 4 is 60.6 Å². The summed E-state index contributed by atoms with van der Waals surface area (Å²) >= 11 is 6.86. The van der Waals surface area contributed by atoms with Crippen molar-refractivity contribution in [3.8, 4) is 5.75 Å². The summed E-state index contributed by atoms with van der Waals surface area (Å²) in [6, 6.07) is 16.1. The predicted octanol–water partition coefficient (Wildman–Crippen LogP) is 6.47. The predicted molar refractivity (Wildman–Crippen MR) is 150 cm³/mol. The number of hydrogen-bond donors (Lipinski definition) is 1. The monoisotopic (exact) mass is 628 g/mol. The van der Waals surface area contributed by atoms with E-state index in [1.54, 1.807) is 30.3 Å². The van der Waals surface area contributed by atoms with Crippen molar-refractivity contribution in [3.05, 3.63) is 97.2 Å². The molecule has 0 aliphatic heterocycles. The minimum atomic E-state index is -0.406. The van der Waals surface area contributed by atoms with Crippen LogP contribution in [0.15, 0.2) is 79.5 Å². The van der Waals surface area contributed by atoms with Crippen LogP contribution in [0.1, 0.15) is 37.6 Å². The quantitative estimate of drug-likeness (QED) is 0.226. The van der Waals surface area contributed by atoms with Gasteiger partial charge in [0.2, 0.25) is 0 Å². The van der Waals surface area contributed by atoms with E-state index >= 15 is 0 Å². The number of halogens is 3. The molecule has 190 valence electrons. The third-order valence-electron chi connectivity index (χ3n) is 5.66. The Morgan fingerprint density at radius 3 is 2.57 bits per heavy atom. The van der Waals surface area contributed by atoms with Crippen molar-refractivity contribution in [2.45, 2.75) is 26.2 Å². The van der Waals surface area contributed by atoms with Crippen LogP contribution in [0.25, 0.3) is 10.9 Å². The molecule has 7 nitrogen and oxygen atoms in total.